The Morgan fingerprint density at radius 3 is 2.09 bits per heavy atom. The Hall–Kier alpha value is -2.24. The van der Waals surface area contributed by atoms with Gasteiger partial charge < -0.3 is 19.5 Å². The van der Waals surface area contributed by atoms with E-state index in [2.05, 4.69) is 0 Å². The van der Waals surface area contributed by atoms with Crippen LogP contribution >= 0.6 is 0 Å². The number of carboxylic acid groups (broad SMARTS) is 1. The summed E-state index contributed by atoms with van der Waals surface area (Å²) in [6.07, 6.45) is -0.801. The molecule has 0 spiro atoms. The van der Waals surface area contributed by atoms with E-state index in [4.69, 9.17) is 9.47 Å². The van der Waals surface area contributed by atoms with Gasteiger partial charge in [-0.1, -0.05) is 0 Å². The molecule has 1 atom stereocenters. The van der Waals surface area contributed by atoms with E-state index < -0.39 is 12.1 Å². The molecule has 0 radical (unpaired) electrons. The van der Waals surface area contributed by atoms with Crippen LogP contribution in [0.1, 0.15) is 45.0 Å². The Kier molecular flexibility index (Phi) is 6.42. The maximum atomic E-state index is 12.6. The van der Waals surface area contributed by atoms with Crippen molar-refractivity contribution in [3.63, 3.8) is 0 Å². The van der Waals surface area contributed by atoms with Gasteiger partial charge in [-0.05, 0) is 46.8 Å². The van der Waals surface area contributed by atoms with E-state index in [0.29, 0.717) is 5.75 Å². The van der Waals surface area contributed by atoms with Crippen molar-refractivity contribution in [1.82, 2.24) is 4.90 Å². The first-order chi connectivity index (χ1) is 10.7. The van der Waals surface area contributed by atoms with Crippen molar-refractivity contribution in [2.45, 2.75) is 52.8 Å². The third-order valence-electron chi connectivity index (χ3n) is 3.44. The first-order valence-electron chi connectivity index (χ1n) is 7.59. The van der Waals surface area contributed by atoms with Crippen LogP contribution in [0.4, 0.5) is 0 Å². The predicted octanol–water partition coefficient (Wildman–Crippen LogP) is 2.81. The van der Waals surface area contributed by atoms with E-state index in [0.717, 1.165) is 0 Å². The molecule has 1 N–H and O–H groups in total. The molecule has 0 aromatic heterocycles. The second-order valence-electron chi connectivity index (χ2n) is 5.86. The lowest BCUT2D eigenvalue weighted by molar-refractivity contribution is -0.141. The van der Waals surface area contributed by atoms with Crippen LogP contribution in [0.2, 0.25) is 0 Å². The molecule has 128 valence electrons. The number of rotatable bonds is 7. The molecule has 1 aromatic carbocycles. The van der Waals surface area contributed by atoms with Crippen LogP contribution in [0.25, 0.3) is 0 Å². The molecule has 23 heavy (non-hydrogen) atoms. The average Bonchev–Trinajstić information content (AvgIpc) is 2.45. The normalized spacial score (nSPS) is 12.2. The van der Waals surface area contributed by atoms with Crippen LogP contribution < -0.4 is 9.47 Å². The highest BCUT2D eigenvalue weighted by Crippen LogP contribution is 2.26. The summed E-state index contributed by atoms with van der Waals surface area (Å²) in [4.78, 5) is 25.6. The zero-order valence-corrected chi connectivity index (χ0v) is 14.5. The van der Waals surface area contributed by atoms with E-state index in [1.165, 1.54) is 25.3 Å². The number of aromatic carboxylic acids is 1. The lowest BCUT2D eigenvalue weighted by atomic mass is 10.1. The Morgan fingerprint density at radius 2 is 1.65 bits per heavy atom. The van der Waals surface area contributed by atoms with Crippen LogP contribution in [-0.2, 0) is 4.79 Å². The van der Waals surface area contributed by atoms with Crippen molar-refractivity contribution in [3.8, 4) is 11.5 Å². The molecule has 6 nitrogen and oxygen atoms in total. The summed E-state index contributed by atoms with van der Waals surface area (Å²) in [7, 11) is 1.48. The molecule has 1 rings (SSSR count). The van der Waals surface area contributed by atoms with Crippen LogP contribution in [0, 0.1) is 0 Å². The quantitative estimate of drug-likeness (QED) is 0.835. The van der Waals surface area contributed by atoms with Gasteiger partial charge in [-0.25, -0.2) is 4.79 Å². The zero-order chi connectivity index (χ0) is 17.7. The molecule has 0 saturated carbocycles. The molecular weight excluding hydrogens is 298 g/mol. The summed E-state index contributed by atoms with van der Waals surface area (Å²) in [5, 5.41) is 9.25. The highest BCUT2D eigenvalue weighted by Gasteiger charge is 2.27. The van der Waals surface area contributed by atoms with Crippen molar-refractivity contribution in [1.29, 1.82) is 0 Å². The number of methoxy groups -OCH3 is 1. The number of hydrogen-bond donors (Lipinski definition) is 1. The Bertz CT molecular complexity index is 560. The summed E-state index contributed by atoms with van der Waals surface area (Å²) in [6.45, 7) is 9.33. The fourth-order valence-corrected chi connectivity index (χ4v) is 2.46. The summed E-state index contributed by atoms with van der Waals surface area (Å²) in [5.41, 5.74) is -0.00825. The summed E-state index contributed by atoms with van der Waals surface area (Å²) in [5.74, 6) is -0.722. The first-order valence-corrected chi connectivity index (χ1v) is 7.59. The smallest absolute Gasteiger partial charge is 0.339 e. The zero-order valence-electron chi connectivity index (χ0n) is 14.5. The van der Waals surface area contributed by atoms with E-state index in [1.807, 2.05) is 27.7 Å². The number of hydrogen-bond acceptors (Lipinski definition) is 4. The van der Waals surface area contributed by atoms with E-state index >= 15 is 0 Å². The van der Waals surface area contributed by atoms with Gasteiger partial charge in [0.2, 0.25) is 0 Å². The van der Waals surface area contributed by atoms with Gasteiger partial charge in [-0.2, -0.15) is 0 Å². The molecule has 0 unspecified atom stereocenters. The highest BCUT2D eigenvalue weighted by atomic mass is 16.5. The molecule has 1 amide bonds. The standard InChI is InChI=1S/C17H25NO5/c1-10(2)18(11(3)4)16(19)12(5)23-15-9-13(22-6)7-8-14(15)17(20)21/h7-12H,1-6H3,(H,20,21)/t12-/m1/s1. The maximum Gasteiger partial charge on any atom is 0.339 e. The minimum absolute atomic E-state index is 0.00825. The fourth-order valence-electron chi connectivity index (χ4n) is 2.46. The molecule has 0 bridgehead atoms. The van der Waals surface area contributed by atoms with Crippen molar-refractivity contribution >= 4 is 11.9 Å². The van der Waals surface area contributed by atoms with Gasteiger partial charge in [-0.3, -0.25) is 4.79 Å². The van der Waals surface area contributed by atoms with Gasteiger partial charge in [0.1, 0.15) is 17.1 Å². The van der Waals surface area contributed by atoms with Crippen molar-refractivity contribution in [2.75, 3.05) is 7.11 Å². The molecule has 0 fully saturated rings. The van der Waals surface area contributed by atoms with Crippen LogP contribution in [0.15, 0.2) is 18.2 Å². The Labute approximate surface area is 137 Å². The van der Waals surface area contributed by atoms with Gasteiger partial charge in [-0.15, -0.1) is 0 Å². The topological polar surface area (TPSA) is 76.1 Å². The largest absolute Gasteiger partial charge is 0.497 e. The third kappa shape index (κ3) is 4.61. The summed E-state index contributed by atoms with van der Waals surface area (Å²) >= 11 is 0. The maximum absolute atomic E-state index is 12.6. The number of carboxylic acids is 1. The van der Waals surface area contributed by atoms with Crippen molar-refractivity contribution in [3.05, 3.63) is 23.8 Å². The van der Waals surface area contributed by atoms with E-state index in [-0.39, 0.29) is 29.3 Å². The molecule has 0 heterocycles. The van der Waals surface area contributed by atoms with Gasteiger partial charge in [0.25, 0.3) is 5.91 Å². The molecule has 0 aliphatic heterocycles. The van der Waals surface area contributed by atoms with Crippen LogP contribution in [0.3, 0.4) is 0 Å². The van der Waals surface area contributed by atoms with E-state index in [1.54, 1.807) is 11.8 Å². The van der Waals surface area contributed by atoms with Gasteiger partial charge in [0, 0.05) is 18.2 Å². The molecule has 0 aliphatic rings. The molecular formula is C17H25NO5. The SMILES string of the molecule is COc1ccc(C(=O)O)c(O[C@H](C)C(=O)N(C(C)C)C(C)C)c1. The van der Waals surface area contributed by atoms with Gasteiger partial charge >= 0.3 is 5.97 Å². The monoisotopic (exact) mass is 323 g/mol. The minimum Gasteiger partial charge on any atom is -0.497 e. The molecule has 0 saturated heterocycles. The number of carbonyl (C=O) groups is 2. The number of nitrogens with zero attached hydrogens (tertiary/aromatic N) is 1. The van der Waals surface area contributed by atoms with Gasteiger partial charge in [0.15, 0.2) is 6.10 Å². The fraction of sp³-hybridized carbons (Fsp3) is 0.529. The average molecular weight is 323 g/mol. The van der Waals surface area contributed by atoms with Gasteiger partial charge in [0.05, 0.1) is 7.11 Å². The van der Waals surface area contributed by atoms with Crippen LogP contribution in [-0.4, -0.2) is 47.2 Å². The van der Waals surface area contributed by atoms with Crippen LogP contribution in [0.5, 0.6) is 11.5 Å². The third-order valence-corrected chi connectivity index (χ3v) is 3.44. The number of carbonyl (C=O) groups excluding carboxylic acids is 1. The minimum atomic E-state index is -1.12. The summed E-state index contributed by atoms with van der Waals surface area (Å²) < 4.78 is 10.7. The number of amides is 1. The predicted molar refractivity (Wildman–Crippen MR) is 87.2 cm³/mol. The molecule has 6 heteroatoms. The second kappa shape index (κ2) is 7.85. The molecule has 1 aromatic rings. The van der Waals surface area contributed by atoms with Crippen molar-refractivity contribution < 1.29 is 24.2 Å². The number of benzene rings is 1. The number of ether oxygens (including phenoxy) is 2. The lowest BCUT2D eigenvalue weighted by Gasteiger charge is -2.33. The second-order valence-corrected chi connectivity index (χ2v) is 5.86. The van der Waals surface area contributed by atoms with Crippen molar-refractivity contribution in [2.24, 2.45) is 0 Å². The molecule has 0 aliphatic carbocycles. The highest BCUT2D eigenvalue weighted by molar-refractivity contribution is 5.91. The Morgan fingerprint density at radius 1 is 1.09 bits per heavy atom. The lowest BCUT2D eigenvalue weighted by Crippen LogP contribution is -2.48. The summed E-state index contributed by atoms with van der Waals surface area (Å²) in [6, 6.07) is 4.46. The van der Waals surface area contributed by atoms with E-state index in [9.17, 15) is 14.7 Å². The Balaban J connectivity index is 3.06. The first kappa shape index (κ1) is 18.8.